The lowest BCUT2D eigenvalue weighted by Crippen LogP contribution is -2.23. The Morgan fingerprint density at radius 1 is 1.10 bits per heavy atom. The van der Waals surface area contributed by atoms with Gasteiger partial charge in [-0.2, -0.15) is 5.11 Å². The third-order valence-corrected chi connectivity index (χ3v) is 2.82. The van der Waals surface area contributed by atoms with Crippen LogP contribution in [0.15, 0.2) is 58.8 Å². The smallest absolute Gasteiger partial charge is 0.251 e. The second kappa shape index (κ2) is 7.19. The van der Waals surface area contributed by atoms with Crippen LogP contribution >= 0.6 is 0 Å². The number of para-hydroxylation sites is 1. The third kappa shape index (κ3) is 4.14. The van der Waals surface area contributed by atoms with Crippen molar-refractivity contribution in [3.05, 3.63) is 54.1 Å². The molecule has 5 nitrogen and oxygen atoms in total. The molecular weight excluding hydrogens is 266 g/mol. The zero-order valence-electron chi connectivity index (χ0n) is 11.8. The first-order valence-electron chi connectivity index (χ1n) is 6.78. The average molecular weight is 283 g/mol. The Labute approximate surface area is 123 Å². The normalized spacial score (nSPS) is 10.7. The number of azo groups is 1. The van der Waals surface area contributed by atoms with E-state index in [2.05, 4.69) is 15.5 Å². The number of aromatic hydroxyl groups is 1. The summed E-state index contributed by atoms with van der Waals surface area (Å²) in [6, 6.07) is 13.5. The van der Waals surface area contributed by atoms with Crippen LogP contribution in [0.25, 0.3) is 0 Å². The van der Waals surface area contributed by atoms with Gasteiger partial charge in [-0.3, -0.25) is 4.79 Å². The number of carbonyl (C=O) groups is 1. The van der Waals surface area contributed by atoms with Crippen molar-refractivity contribution in [2.24, 2.45) is 10.2 Å². The van der Waals surface area contributed by atoms with Gasteiger partial charge >= 0.3 is 0 Å². The van der Waals surface area contributed by atoms with Crippen molar-refractivity contribution in [1.29, 1.82) is 0 Å². The van der Waals surface area contributed by atoms with Crippen LogP contribution in [0.5, 0.6) is 5.75 Å². The van der Waals surface area contributed by atoms with Crippen LogP contribution in [-0.2, 0) is 0 Å². The number of hydrogen-bond acceptors (Lipinski definition) is 4. The monoisotopic (exact) mass is 283 g/mol. The molecule has 0 unspecified atom stereocenters. The summed E-state index contributed by atoms with van der Waals surface area (Å²) in [5.41, 5.74) is 1.61. The molecule has 2 rings (SSSR count). The molecule has 0 heterocycles. The van der Waals surface area contributed by atoms with E-state index in [1.807, 2.05) is 6.92 Å². The fourth-order valence-electron chi connectivity index (χ4n) is 1.68. The Bertz CT molecular complexity index is 636. The van der Waals surface area contributed by atoms with Gasteiger partial charge < -0.3 is 10.4 Å². The molecule has 0 spiro atoms. The highest BCUT2D eigenvalue weighted by atomic mass is 16.3. The van der Waals surface area contributed by atoms with Crippen molar-refractivity contribution >= 4 is 17.3 Å². The van der Waals surface area contributed by atoms with Gasteiger partial charge in [-0.15, -0.1) is 5.11 Å². The molecule has 0 aliphatic rings. The Balaban J connectivity index is 2.06. The largest absolute Gasteiger partial charge is 0.506 e. The maximum atomic E-state index is 11.7. The van der Waals surface area contributed by atoms with Crippen molar-refractivity contribution in [3.63, 3.8) is 0 Å². The van der Waals surface area contributed by atoms with E-state index in [1.165, 1.54) is 0 Å². The minimum absolute atomic E-state index is 0.0804. The van der Waals surface area contributed by atoms with E-state index >= 15 is 0 Å². The molecule has 21 heavy (non-hydrogen) atoms. The summed E-state index contributed by atoms with van der Waals surface area (Å²) < 4.78 is 0. The van der Waals surface area contributed by atoms with Gasteiger partial charge in [0, 0.05) is 12.1 Å². The van der Waals surface area contributed by atoms with Crippen molar-refractivity contribution < 1.29 is 9.90 Å². The standard InChI is InChI=1S/C16H17N3O2/c1-2-11-17-16(21)12-7-9-13(10-8-12)18-19-14-5-3-4-6-15(14)20/h3-10,20H,2,11H2,1H3,(H,17,21). The van der Waals surface area contributed by atoms with Crippen LogP contribution in [0.4, 0.5) is 11.4 Å². The molecule has 0 aliphatic heterocycles. The molecule has 1 amide bonds. The Kier molecular flexibility index (Phi) is 5.04. The summed E-state index contributed by atoms with van der Waals surface area (Å²) in [6.45, 7) is 2.66. The molecule has 0 aliphatic carbocycles. The van der Waals surface area contributed by atoms with Crippen molar-refractivity contribution in [2.75, 3.05) is 6.54 Å². The number of phenolic OH excluding ortho intramolecular Hbond substituents is 1. The van der Waals surface area contributed by atoms with Crippen LogP contribution in [0.2, 0.25) is 0 Å². The predicted octanol–water partition coefficient (Wildman–Crippen LogP) is 3.95. The van der Waals surface area contributed by atoms with Gasteiger partial charge in [0.1, 0.15) is 11.4 Å². The van der Waals surface area contributed by atoms with Crippen LogP contribution in [0.3, 0.4) is 0 Å². The Morgan fingerprint density at radius 2 is 1.81 bits per heavy atom. The van der Waals surface area contributed by atoms with E-state index in [4.69, 9.17) is 0 Å². The van der Waals surface area contributed by atoms with Crippen LogP contribution in [-0.4, -0.2) is 17.6 Å². The molecule has 0 fully saturated rings. The fraction of sp³-hybridized carbons (Fsp3) is 0.188. The van der Waals surface area contributed by atoms with E-state index in [1.54, 1.807) is 48.5 Å². The number of nitrogens with one attached hydrogen (secondary N) is 1. The van der Waals surface area contributed by atoms with E-state index in [0.717, 1.165) is 6.42 Å². The highest BCUT2D eigenvalue weighted by Crippen LogP contribution is 2.27. The molecule has 0 atom stereocenters. The van der Waals surface area contributed by atoms with Crippen molar-refractivity contribution in [1.82, 2.24) is 5.32 Å². The van der Waals surface area contributed by atoms with Crippen molar-refractivity contribution in [3.8, 4) is 5.75 Å². The number of benzene rings is 2. The quantitative estimate of drug-likeness (QED) is 0.815. The zero-order valence-corrected chi connectivity index (χ0v) is 11.8. The summed E-state index contributed by atoms with van der Waals surface area (Å²) in [7, 11) is 0. The zero-order chi connectivity index (χ0) is 15.1. The lowest BCUT2D eigenvalue weighted by atomic mass is 10.2. The molecule has 0 radical (unpaired) electrons. The average Bonchev–Trinajstić information content (AvgIpc) is 2.52. The van der Waals surface area contributed by atoms with Gasteiger partial charge in [-0.25, -0.2) is 0 Å². The van der Waals surface area contributed by atoms with E-state index in [9.17, 15) is 9.90 Å². The van der Waals surface area contributed by atoms with Gasteiger partial charge in [-0.1, -0.05) is 19.1 Å². The summed E-state index contributed by atoms with van der Waals surface area (Å²) in [6.07, 6.45) is 0.901. The summed E-state index contributed by atoms with van der Waals surface area (Å²) in [5.74, 6) is -0.0159. The van der Waals surface area contributed by atoms with E-state index in [-0.39, 0.29) is 11.7 Å². The third-order valence-electron chi connectivity index (χ3n) is 2.82. The molecule has 0 saturated heterocycles. The van der Waals surface area contributed by atoms with Gasteiger partial charge in [0.2, 0.25) is 0 Å². The Hall–Kier alpha value is -2.69. The van der Waals surface area contributed by atoms with Gasteiger partial charge in [0.05, 0.1) is 5.69 Å². The molecular formula is C16H17N3O2. The lowest BCUT2D eigenvalue weighted by Gasteiger charge is -2.03. The second-order valence-corrected chi connectivity index (χ2v) is 4.49. The van der Waals surface area contributed by atoms with Crippen LogP contribution in [0, 0.1) is 0 Å². The van der Waals surface area contributed by atoms with E-state index in [0.29, 0.717) is 23.5 Å². The minimum atomic E-state index is -0.0963. The molecule has 2 aromatic carbocycles. The fourth-order valence-corrected chi connectivity index (χ4v) is 1.68. The van der Waals surface area contributed by atoms with E-state index < -0.39 is 0 Å². The molecule has 0 saturated carbocycles. The number of carbonyl (C=O) groups excluding carboxylic acids is 1. The molecule has 0 bridgehead atoms. The highest BCUT2D eigenvalue weighted by Gasteiger charge is 2.03. The number of phenols is 1. The van der Waals surface area contributed by atoms with Gasteiger partial charge in [0.15, 0.2) is 0 Å². The molecule has 2 aromatic rings. The van der Waals surface area contributed by atoms with Crippen LogP contribution in [0.1, 0.15) is 23.7 Å². The molecule has 108 valence electrons. The van der Waals surface area contributed by atoms with Crippen LogP contribution < -0.4 is 5.32 Å². The van der Waals surface area contributed by atoms with Gasteiger partial charge in [-0.05, 0) is 42.8 Å². The number of rotatable bonds is 5. The lowest BCUT2D eigenvalue weighted by molar-refractivity contribution is 0.0953. The topological polar surface area (TPSA) is 74.0 Å². The first-order valence-corrected chi connectivity index (χ1v) is 6.78. The number of nitrogens with zero attached hydrogens (tertiary/aromatic N) is 2. The minimum Gasteiger partial charge on any atom is -0.506 e. The SMILES string of the molecule is CCCNC(=O)c1ccc(N=Nc2ccccc2O)cc1. The molecule has 2 N–H and O–H groups in total. The first kappa shape index (κ1) is 14.7. The maximum Gasteiger partial charge on any atom is 0.251 e. The summed E-state index contributed by atoms with van der Waals surface area (Å²) in [5, 5.41) is 20.4. The molecule has 0 aromatic heterocycles. The summed E-state index contributed by atoms with van der Waals surface area (Å²) in [4.78, 5) is 11.7. The van der Waals surface area contributed by atoms with Gasteiger partial charge in [0.25, 0.3) is 5.91 Å². The number of hydrogen-bond donors (Lipinski definition) is 2. The second-order valence-electron chi connectivity index (χ2n) is 4.49. The number of amides is 1. The van der Waals surface area contributed by atoms with Crippen molar-refractivity contribution in [2.45, 2.75) is 13.3 Å². The highest BCUT2D eigenvalue weighted by molar-refractivity contribution is 5.94. The first-order chi connectivity index (χ1) is 10.2. The molecule has 5 heteroatoms. The predicted molar refractivity (Wildman–Crippen MR) is 81.3 cm³/mol. The maximum absolute atomic E-state index is 11.7. The summed E-state index contributed by atoms with van der Waals surface area (Å²) >= 11 is 0. The Morgan fingerprint density at radius 3 is 2.48 bits per heavy atom.